The van der Waals surface area contributed by atoms with Gasteiger partial charge in [0.2, 0.25) is 5.91 Å². The van der Waals surface area contributed by atoms with Crippen molar-refractivity contribution in [2.75, 3.05) is 6.54 Å². The lowest BCUT2D eigenvalue weighted by atomic mass is 10.2. The predicted molar refractivity (Wildman–Crippen MR) is 68.6 cm³/mol. The second-order valence-corrected chi connectivity index (χ2v) is 4.10. The quantitative estimate of drug-likeness (QED) is 0.656. The van der Waals surface area contributed by atoms with Gasteiger partial charge in [-0.2, -0.15) is 0 Å². The SMILES string of the molecule is CCN(Cc1ccco1)C(=O)N[C@H](CC(N)=O)C(=O)O. The van der Waals surface area contributed by atoms with E-state index in [0.29, 0.717) is 12.3 Å². The lowest BCUT2D eigenvalue weighted by Gasteiger charge is -2.22. The zero-order chi connectivity index (χ0) is 15.1. The van der Waals surface area contributed by atoms with Crippen LogP contribution < -0.4 is 11.1 Å². The molecule has 0 aliphatic carbocycles. The van der Waals surface area contributed by atoms with Crippen molar-refractivity contribution in [2.24, 2.45) is 5.73 Å². The summed E-state index contributed by atoms with van der Waals surface area (Å²) in [5, 5.41) is 11.2. The fraction of sp³-hybridized carbons (Fsp3) is 0.417. The molecule has 8 heteroatoms. The number of nitrogens with zero attached hydrogens (tertiary/aromatic N) is 1. The van der Waals surface area contributed by atoms with E-state index in [4.69, 9.17) is 15.3 Å². The van der Waals surface area contributed by atoms with Gasteiger partial charge in [-0.15, -0.1) is 0 Å². The first kappa shape index (κ1) is 15.5. The highest BCUT2D eigenvalue weighted by Crippen LogP contribution is 2.06. The lowest BCUT2D eigenvalue weighted by Crippen LogP contribution is -2.49. The second-order valence-electron chi connectivity index (χ2n) is 4.10. The van der Waals surface area contributed by atoms with E-state index in [1.807, 2.05) is 0 Å². The number of nitrogens with one attached hydrogen (secondary N) is 1. The standard InChI is InChI=1S/C12H17N3O5/c1-2-15(7-8-4-3-5-20-8)12(19)14-9(11(17)18)6-10(13)16/h3-5,9H,2,6-7H2,1H3,(H2,13,16)(H,14,19)(H,17,18)/t9-/m1/s1. The maximum atomic E-state index is 12.0. The summed E-state index contributed by atoms with van der Waals surface area (Å²) in [5.74, 6) is -1.54. The minimum Gasteiger partial charge on any atom is -0.480 e. The number of carboxylic acid groups (broad SMARTS) is 1. The molecule has 4 N–H and O–H groups in total. The van der Waals surface area contributed by atoms with Crippen molar-refractivity contribution < 1.29 is 23.9 Å². The monoisotopic (exact) mass is 283 g/mol. The van der Waals surface area contributed by atoms with Gasteiger partial charge in [0.1, 0.15) is 11.8 Å². The molecule has 0 unspecified atom stereocenters. The van der Waals surface area contributed by atoms with E-state index in [0.717, 1.165) is 0 Å². The van der Waals surface area contributed by atoms with Crippen molar-refractivity contribution in [3.05, 3.63) is 24.2 Å². The van der Waals surface area contributed by atoms with Crippen molar-refractivity contribution in [3.63, 3.8) is 0 Å². The maximum absolute atomic E-state index is 12.0. The molecule has 0 aliphatic heterocycles. The molecule has 0 spiro atoms. The van der Waals surface area contributed by atoms with E-state index in [1.165, 1.54) is 11.2 Å². The van der Waals surface area contributed by atoms with E-state index < -0.39 is 30.4 Å². The molecule has 0 aromatic carbocycles. The molecule has 1 aromatic heterocycles. The minimum atomic E-state index is -1.34. The average Bonchev–Trinajstić information content (AvgIpc) is 2.87. The van der Waals surface area contributed by atoms with E-state index in [-0.39, 0.29) is 6.54 Å². The number of carbonyl (C=O) groups excluding carboxylic acids is 2. The normalized spacial score (nSPS) is 11.7. The van der Waals surface area contributed by atoms with Crippen LogP contribution in [0.2, 0.25) is 0 Å². The molecule has 110 valence electrons. The number of rotatable bonds is 7. The molecule has 20 heavy (non-hydrogen) atoms. The lowest BCUT2D eigenvalue weighted by molar-refractivity contribution is -0.140. The van der Waals surface area contributed by atoms with Gasteiger partial charge in [-0.25, -0.2) is 9.59 Å². The topological polar surface area (TPSA) is 126 Å². The third kappa shape index (κ3) is 4.63. The van der Waals surface area contributed by atoms with E-state index in [2.05, 4.69) is 5.32 Å². The third-order valence-electron chi connectivity index (χ3n) is 2.60. The van der Waals surface area contributed by atoms with Crippen LogP contribution in [0.1, 0.15) is 19.1 Å². The summed E-state index contributed by atoms with van der Waals surface area (Å²) in [6.45, 7) is 2.31. The number of hydrogen-bond acceptors (Lipinski definition) is 4. The van der Waals surface area contributed by atoms with E-state index >= 15 is 0 Å². The van der Waals surface area contributed by atoms with Gasteiger partial charge in [0.05, 0.1) is 19.2 Å². The minimum absolute atomic E-state index is 0.207. The zero-order valence-electron chi connectivity index (χ0n) is 11.0. The number of primary amides is 1. The fourth-order valence-electron chi connectivity index (χ4n) is 1.56. The van der Waals surface area contributed by atoms with Gasteiger partial charge in [-0.05, 0) is 19.1 Å². The average molecular weight is 283 g/mol. The van der Waals surface area contributed by atoms with Crippen LogP contribution >= 0.6 is 0 Å². The second kappa shape index (κ2) is 7.17. The molecule has 1 rings (SSSR count). The Labute approximate surface area is 115 Å². The number of furan rings is 1. The molecule has 1 atom stereocenters. The van der Waals surface area contributed by atoms with Crippen LogP contribution in [-0.4, -0.2) is 40.5 Å². The van der Waals surface area contributed by atoms with Crippen molar-refractivity contribution in [1.29, 1.82) is 0 Å². The molecule has 0 radical (unpaired) electrons. The Bertz CT molecular complexity index is 471. The van der Waals surface area contributed by atoms with Crippen LogP contribution in [0.25, 0.3) is 0 Å². The van der Waals surface area contributed by atoms with Crippen LogP contribution in [0.4, 0.5) is 4.79 Å². The highest BCUT2D eigenvalue weighted by Gasteiger charge is 2.24. The molecular weight excluding hydrogens is 266 g/mol. The summed E-state index contributed by atoms with van der Waals surface area (Å²) in [4.78, 5) is 35.0. The van der Waals surface area contributed by atoms with Crippen LogP contribution in [0.15, 0.2) is 22.8 Å². The Balaban J connectivity index is 2.65. The molecule has 0 fully saturated rings. The molecule has 0 saturated carbocycles. The summed E-state index contributed by atoms with van der Waals surface area (Å²) in [6, 6.07) is 1.45. The Hall–Kier alpha value is -2.51. The van der Waals surface area contributed by atoms with Gasteiger partial charge in [0.15, 0.2) is 0 Å². The first-order valence-corrected chi connectivity index (χ1v) is 6.03. The van der Waals surface area contributed by atoms with E-state index in [1.54, 1.807) is 19.1 Å². The van der Waals surface area contributed by atoms with Crippen molar-refractivity contribution in [3.8, 4) is 0 Å². The number of carboxylic acids is 1. The molecule has 1 heterocycles. The molecule has 8 nitrogen and oxygen atoms in total. The summed E-state index contributed by atoms with van der Waals surface area (Å²) in [5.41, 5.74) is 4.94. The Kier molecular flexibility index (Phi) is 5.57. The number of amides is 3. The van der Waals surface area contributed by atoms with Crippen molar-refractivity contribution in [2.45, 2.75) is 25.9 Å². The van der Waals surface area contributed by atoms with Gasteiger partial charge in [-0.3, -0.25) is 4.79 Å². The number of hydrogen-bond donors (Lipinski definition) is 3. The number of aliphatic carboxylic acids is 1. The number of carbonyl (C=O) groups is 3. The molecule has 1 aromatic rings. The summed E-state index contributed by atoms with van der Waals surface area (Å²) >= 11 is 0. The van der Waals surface area contributed by atoms with Gasteiger partial charge in [0, 0.05) is 6.54 Å². The largest absolute Gasteiger partial charge is 0.480 e. The van der Waals surface area contributed by atoms with Crippen molar-refractivity contribution in [1.82, 2.24) is 10.2 Å². The smallest absolute Gasteiger partial charge is 0.326 e. The van der Waals surface area contributed by atoms with Gasteiger partial charge in [-0.1, -0.05) is 0 Å². The Morgan fingerprint density at radius 3 is 2.65 bits per heavy atom. The van der Waals surface area contributed by atoms with E-state index in [9.17, 15) is 14.4 Å². The first-order chi connectivity index (χ1) is 9.43. The van der Waals surface area contributed by atoms with Crippen LogP contribution in [0, 0.1) is 0 Å². The van der Waals surface area contributed by atoms with Gasteiger partial charge < -0.3 is 25.5 Å². The first-order valence-electron chi connectivity index (χ1n) is 6.03. The van der Waals surface area contributed by atoms with Crippen LogP contribution in [-0.2, 0) is 16.1 Å². The highest BCUT2D eigenvalue weighted by molar-refractivity contribution is 5.87. The zero-order valence-corrected chi connectivity index (χ0v) is 11.0. The molecule has 3 amide bonds. The number of nitrogens with two attached hydrogens (primary N) is 1. The van der Waals surface area contributed by atoms with Gasteiger partial charge >= 0.3 is 12.0 Å². The van der Waals surface area contributed by atoms with Crippen LogP contribution in [0.5, 0.6) is 0 Å². The highest BCUT2D eigenvalue weighted by atomic mass is 16.4. The molecule has 0 aliphatic rings. The van der Waals surface area contributed by atoms with Crippen LogP contribution in [0.3, 0.4) is 0 Å². The number of urea groups is 1. The Morgan fingerprint density at radius 2 is 2.20 bits per heavy atom. The summed E-state index contributed by atoms with van der Waals surface area (Å²) < 4.78 is 5.12. The fourth-order valence-corrected chi connectivity index (χ4v) is 1.56. The molecular formula is C12H17N3O5. The molecule has 0 bridgehead atoms. The Morgan fingerprint density at radius 1 is 1.50 bits per heavy atom. The third-order valence-corrected chi connectivity index (χ3v) is 2.60. The van der Waals surface area contributed by atoms with Crippen molar-refractivity contribution >= 4 is 17.9 Å². The van der Waals surface area contributed by atoms with Gasteiger partial charge in [0.25, 0.3) is 0 Å². The maximum Gasteiger partial charge on any atom is 0.326 e. The summed E-state index contributed by atoms with van der Waals surface area (Å²) in [7, 11) is 0. The predicted octanol–water partition coefficient (Wildman–Crippen LogP) is 0.140. The summed E-state index contributed by atoms with van der Waals surface area (Å²) in [6.07, 6.45) is 1.02. The molecule has 0 saturated heterocycles.